The van der Waals surface area contributed by atoms with Crippen LogP contribution in [0.5, 0.6) is 0 Å². The van der Waals surface area contributed by atoms with Crippen LogP contribution in [0.4, 0.5) is 5.69 Å². The van der Waals surface area contributed by atoms with Gasteiger partial charge in [-0.15, -0.1) is 0 Å². The Labute approximate surface area is 145 Å². The minimum Gasteiger partial charge on any atom is -0.373 e. The largest absolute Gasteiger partial charge is 0.373 e. The number of carbonyl (C=O) groups is 1. The molecule has 6 nitrogen and oxygen atoms in total. The summed E-state index contributed by atoms with van der Waals surface area (Å²) in [5.41, 5.74) is 2.98. The first kappa shape index (κ1) is 15.5. The molecular formula is C19H18N4O2. The molecule has 1 atom stereocenters. The van der Waals surface area contributed by atoms with Crippen molar-refractivity contribution in [3.8, 4) is 5.82 Å². The molecule has 1 aliphatic rings. The summed E-state index contributed by atoms with van der Waals surface area (Å²) in [6.07, 6.45) is 6.08. The van der Waals surface area contributed by atoms with E-state index in [-0.39, 0.29) is 18.4 Å². The first-order valence-electron chi connectivity index (χ1n) is 8.25. The molecule has 0 aliphatic carbocycles. The third kappa shape index (κ3) is 3.29. The molecule has 4 rings (SSSR count). The number of ether oxygens (including phenoxy) is 1. The molecule has 0 spiro atoms. The average molecular weight is 334 g/mol. The van der Waals surface area contributed by atoms with Crippen molar-refractivity contribution in [2.24, 2.45) is 0 Å². The Kier molecular flexibility index (Phi) is 4.26. The molecule has 3 heterocycles. The number of hydrogen-bond donors (Lipinski definition) is 1. The highest BCUT2D eigenvalue weighted by molar-refractivity contribution is 5.92. The molecule has 0 radical (unpaired) electrons. The number of nitrogens with one attached hydrogen (secondary N) is 1. The number of pyridine rings is 1. The molecule has 1 amide bonds. The minimum absolute atomic E-state index is 0.108. The zero-order valence-corrected chi connectivity index (χ0v) is 13.6. The maximum absolute atomic E-state index is 12.6. The Bertz CT molecular complexity index is 877. The summed E-state index contributed by atoms with van der Waals surface area (Å²) in [5, 5.41) is 7.11. The van der Waals surface area contributed by atoms with Crippen LogP contribution in [0.3, 0.4) is 0 Å². The van der Waals surface area contributed by atoms with Gasteiger partial charge in [-0.05, 0) is 35.7 Å². The summed E-state index contributed by atoms with van der Waals surface area (Å²) in [4.78, 5) is 16.9. The molecule has 25 heavy (non-hydrogen) atoms. The van der Waals surface area contributed by atoms with E-state index in [0.717, 1.165) is 12.0 Å². The average Bonchev–Trinajstić information content (AvgIpc) is 3.17. The van der Waals surface area contributed by atoms with E-state index in [4.69, 9.17) is 4.74 Å². The van der Waals surface area contributed by atoms with Crippen molar-refractivity contribution in [1.29, 1.82) is 0 Å². The van der Waals surface area contributed by atoms with Crippen molar-refractivity contribution < 1.29 is 9.53 Å². The minimum atomic E-state index is -0.213. The van der Waals surface area contributed by atoms with Gasteiger partial charge in [-0.3, -0.25) is 4.79 Å². The van der Waals surface area contributed by atoms with Gasteiger partial charge < -0.3 is 10.1 Å². The lowest BCUT2D eigenvalue weighted by Crippen LogP contribution is -2.22. The van der Waals surface area contributed by atoms with Gasteiger partial charge in [-0.2, -0.15) is 5.10 Å². The molecule has 126 valence electrons. The van der Waals surface area contributed by atoms with Gasteiger partial charge in [0.1, 0.15) is 0 Å². The summed E-state index contributed by atoms with van der Waals surface area (Å²) >= 11 is 0. The van der Waals surface area contributed by atoms with Gasteiger partial charge in [0.15, 0.2) is 5.82 Å². The molecule has 1 aliphatic heterocycles. The van der Waals surface area contributed by atoms with Gasteiger partial charge in [-0.1, -0.05) is 24.3 Å². The Hall–Kier alpha value is -2.99. The maximum atomic E-state index is 12.6. The summed E-state index contributed by atoms with van der Waals surface area (Å²) in [5.74, 6) is 0.480. The van der Waals surface area contributed by atoms with Crippen LogP contribution >= 0.6 is 0 Å². The predicted molar refractivity (Wildman–Crippen MR) is 93.4 cm³/mol. The first-order valence-corrected chi connectivity index (χ1v) is 8.25. The van der Waals surface area contributed by atoms with Gasteiger partial charge in [-0.25, -0.2) is 9.67 Å². The van der Waals surface area contributed by atoms with Crippen LogP contribution in [0.25, 0.3) is 5.82 Å². The molecule has 2 aromatic heterocycles. The second-order valence-corrected chi connectivity index (χ2v) is 5.89. The quantitative estimate of drug-likeness (QED) is 0.796. The molecule has 0 bridgehead atoms. The van der Waals surface area contributed by atoms with Crippen molar-refractivity contribution in [1.82, 2.24) is 14.8 Å². The normalized spacial score (nSPS) is 16.2. The molecule has 3 aromatic rings. The van der Waals surface area contributed by atoms with Gasteiger partial charge in [0.05, 0.1) is 24.8 Å². The molecule has 0 saturated carbocycles. The summed E-state index contributed by atoms with van der Waals surface area (Å²) in [7, 11) is 0. The van der Waals surface area contributed by atoms with Gasteiger partial charge in [0, 0.05) is 18.6 Å². The second-order valence-electron chi connectivity index (χ2n) is 5.89. The number of fused-ring (bicyclic) bond motifs is 1. The standard InChI is InChI=1S/C19H18N4O2/c24-18(13-17-15-6-2-1-5-14(15)8-12-25-17)22-16-7-3-9-20-19(16)23-11-4-10-21-23/h1-7,9-11,17H,8,12-13H2,(H,22,24)/t17-/m0/s1. The van der Waals surface area contributed by atoms with Gasteiger partial charge in [0.2, 0.25) is 5.91 Å². The Balaban J connectivity index is 1.51. The van der Waals surface area contributed by atoms with E-state index < -0.39 is 0 Å². The van der Waals surface area contributed by atoms with E-state index in [9.17, 15) is 4.79 Å². The molecule has 6 heteroatoms. The highest BCUT2D eigenvalue weighted by Gasteiger charge is 2.23. The number of carbonyl (C=O) groups excluding carboxylic acids is 1. The Morgan fingerprint density at radius 3 is 3.00 bits per heavy atom. The summed E-state index contributed by atoms with van der Waals surface area (Å²) in [6, 6.07) is 13.5. The first-order chi connectivity index (χ1) is 12.3. The zero-order valence-electron chi connectivity index (χ0n) is 13.6. The van der Waals surface area contributed by atoms with Crippen molar-refractivity contribution >= 4 is 11.6 Å². The van der Waals surface area contributed by atoms with Crippen molar-refractivity contribution in [3.05, 3.63) is 72.2 Å². The smallest absolute Gasteiger partial charge is 0.227 e. The van der Waals surface area contributed by atoms with E-state index in [1.165, 1.54) is 5.56 Å². The van der Waals surface area contributed by atoms with E-state index in [1.807, 2.05) is 30.3 Å². The van der Waals surface area contributed by atoms with Crippen LogP contribution in [-0.4, -0.2) is 27.3 Å². The molecule has 0 unspecified atom stereocenters. The van der Waals surface area contributed by atoms with Crippen LogP contribution in [0.15, 0.2) is 61.1 Å². The Morgan fingerprint density at radius 2 is 2.12 bits per heavy atom. The van der Waals surface area contributed by atoms with E-state index in [1.54, 1.807) is 29.3 Å². The van der Waals surface area contributed by atoms with Crippen LogP contribution in [0, 0.1) is 0 Å². The maximum Gasteiger partial charge on any atom is 0.227 e. The van der Waals surface area contributed by atoms with Crippen molar-refractivity contribution in [3.63, 3.8) is 0 Å². The van der Waals surface area contributed by atoms with Gasteiger partial charge >= 0.3 is 0 Å². The lowest BCUT2D eigenvalue weighted by atomic mass is 9.95. The second kappa shape index (κ2) is 6.86. The third-order valence-electron chi connectivity index (χ3n) is 4.25. The lowest BCUT2D eigenvalue weighted by molar-refractivity contribution is -0.119. The third-order valence-corrected chi connectivity index (χ3v) is 4.25. The number of nitrogens with zero attached hydrogens (tertiary/aromatic N) is 3. The van der Waals surface area contributed by atoms with Crippen LogP contribution in [-0.2, 0) is 16.0 Å². The summed E-state index contributed by atoms with van der Waals surface area (Å²) in [6.45, 7) is 0.639. The SMILES string of the molecule is O=C(C[C@@H]1OCCc2ccccc21)Nc1cccnc1-n1cccn1. The van der Waals surface area contributed by atoms with Crippen LogP contribution in [0.2, 0.25) is 0 Å². The topological polar surface area (TPSA) is 69.0 Å². The van der Waals surface area contributed by atoms with Crippen molar-refractivity contribution in [2.75, 3.05) is 11.9 Å². The lowest BCUT2D eigenvalue weighted by Gasteiger charge is -2.25. The fraction of sp³-hybridized carbons (Fsp3) is 0.211. The number of amides is 1. The fourth-order valence-corrected chi connectivity index (χ4v) is 3.09. The fourth-order valence-electron chi connectivity index (χ4n) is 3.09. The molecule has 1 N–H and O–H groups in total. The van der Waals surface area contributed by atoms with Crippen molar-refractivity contribution in [2.45, 2.75) is 18.9 Å². The Morgan fingerprint density at radius 1 is 1.20 bits per heavy atom. The zero-order chi connectivity index (χ0) is 17.1. The highest BCUT2D eigenvalue weighted by atomic mass is 16.5. The van der Waals surface area contributed by atoms with Crippen LogP contribution < -0.4 is 5.32 Å². The van der Waals surface area contributed by atoms with Crippen LogP contribution in [0.1, 0.15) is 23.7 Å². The highest BCUT2D eigenvalue weighted by Crippen LogP contribution is 2.30. The van der Waals surface area contributed by atoms with E-state index >= 15 is 0 Å². The molecule has 0 saturated heterocycles. The number of benzene rings is 1. The number of anilines is 1. The number of hydrogen-bond acceptors (Lipinski definition) is 4. The monoisotopic (exact) mass is 334 g/mol. The molecule has 1 aromatic carbocycles. The summed E-state index contributed by atoms with van der Waals surface area (Å²) < 4.78 is 7.45. The molecular weight excluding hydrogens is 316 g/mol. The number of rotatable bonds is 4. The molecule has 0 fully saturated rings. The van der Waals surface area contributed by atoms with E-state index in [0.29, 0.717) is 18.1 Å². The number of aromatic nitrogens is 3. The van der Waals surface area contributed by atoms with E-state index in [2.05, 4.69) is 21.5 Å². The predicted octanol–water partition coefficient (Wildman–Crippen LogP) is 2.91. The van der Waals surface area contributed by atoms with Gasteiger partial charge in [0.25, 0.3) is 0 Å².